The molecule has 0 bridgehead atoms. The molecule has 2 N–H and O–H groups in total. The summed E-state index contributed by atoms with van der Waals surface area (Å²) in [5.74, 6) is 0.266. The second-order valence-corrected chi connectivity index (χ2v) is 4.11. The Morgan fingerprint density at radius 2 is 2.16 bits per heavy atom. The number of carbonyl (C=O) groups is 1. The highest BCUT2D eigenvalue weighted by atomic mass is 35.5. The normalized spacial score (nSPS) is 10.4. The van der Waals surface area contributed by atoms with E-state index in [4.69, 9.17) is 16.3 Å². The highest BCUT2D eigenvalue weighted by molar-refractivity contribution is 6.28. The van der Waals surface area contributed by atoms with Crippen LogP contribution in [0.25, 0.3) is 10.9 Å². The number of nitrogens with zero attached hydrogens (tertiary/aromatic N) is 2. The number of halogens is 1. The van der Waals surface area contributed by atoms with Crippen molar-refractivity contribution in [2.45, 2.75) is 6.42 Å². The Hall–Kier alpha value is -1.92. The highest BCUT2D eigenvalue weighted by Gasteiger charge is 2.07. The molecule has 0 unspecified atom stereocenters. The lowest BCUT2D eigenvalue weighted by molar-refractivity contribution is -0.121. The summed E-state index contributed by atoms with van der Waals surface area (Å²) < 4.78 is 4.82. The predicted molar refractivity (Wildman–Crippen MR) is 72.8 cm³/mol. The summed E-state index contributed by atoms with van der Waals surface area (Å²) >= 11 is 5.83. The fourth-order valence-corrected chi connectivity index (χ4v) is 1.71. The van der Waals surface area contributed by atoms with Crippen molar-refractivity contribution in [3.8, 4) is 0 Å². The first-order valence-corrected chi connectivity index (χ1v) is 6.04. The van der Waals surface area contributed by atoms with Gasteiger partial charge in [-0.15, -0.1) is 0 Å². The molecule has 0 aliphatic rings. The smallest absolute Gasteiger partial charge is 0.240 e. The van der Waals surface area contributed by atoms with Gasteiger partial charge in [0.05, 0.1) is 18.5 Å². The summed E-state index contributed by atoms with van der Waals surface area (Å²) in [5.41, 5.74) is 5.99. The average Bonchev–Trinajstić information content (AvgIpc) is 2.42. The van der Waals surface area contributed by atoms with Gasteiger partial charge in [0.25, 0.3) is 0 Å². The van der Waals surface area contributed by atoms with Crippen LogP contribution in [0.1, 0.15) is 6.42 Å². The molecule has 0 radical (unpaired) electrons. The molecule has 0 aliphatic carbocycles. The number of amides is 1. The third kappa shape index (κ3) is 3.52. The monoisotopic (exact) mass is 280 g/mol. The van der Waals surface area contributed by atoms with Crippen molar-refractivity contribution >= 4 is 34.2 Å². The number of nitrogens with one attached hydrogen (secondary N) is 2. The number of benzene rings is 1. The molecule has 2 rings (SSSR count). The molecule has 1 heterocycles. The average molecular weight is 281 g/mol. The summed E-state index contributed by atoms with van der Waals surface area (Å²) in [6, 6.07) is 7.38. The maximum Gasteiger partial charge on any atom is 0.240 e. The molecule has 0 aliphatic heterocycles. The van der Waals surface area contributed by atoms with Crippen LogP contribution in [0.2, 0.25) is 5.28 Å². The Morgan fingerprint density at radius 3 is 2.95 bits per heavy atom. The van der Waals surface area contributed by atoms with Crippen LogP contribution in [0, 0.1) is 0 Å². The van der Waals surface area contributed by atoms with E-state index in [9.17, 15) is 4.79 Å². The van der Waals surface area contributed by atoms with Crippen LogP contribution in [0.3, 0.4) is 0 Å². The van der Waals surface area contributed by atoms with Crippen molar-refractivity contribution in [2.24, 2.45) is 0 Å². The molecule has 7 heteroatoms. The Morgan fingerprint density at radius 1 is 1.37 bits per heavy atom. The first-order chi connectivity index (χ1) is 9.20. The third-order valence-electron chi connectivity index (χ3n) is 2.43. The molecular formula is C12H13ClN4O2. The molecule has 1 aromatic carbocycles. The lowest BCUT2D eigenvalue weighted by atomic mass is 10.2. The zero-order chi connectivity index (χ0) is 13.7. The van der Waals surface area contributed by atoms with Gasteiger partial charge in [0.1, 0.15) is 0 Å². The van der Waals surface area contributed by atoms with Crippen molar-refractivity contribution in [1.82, 2.24) is 15.4 Å². The van der Waals surface area contributed by atoms with Crippen molar-refractivity contribution < 1.29 is 9.53 Å². The molecule has 0 spiro atoms. The van der Waals surface area contributed by atoms with Crippen molar-refractivity contribution in [3.63, 3.8) is 0 Å². The predicted octanol–water partition coefficient (Wildman–Crippen LogP) is 1.76. The molecular weight excluding hydrogens is 268 g/mol. The molecule has 2 aromatic rings. The maximum atomic E-state index is 11.5. The molecule has 6 nitrogen and oxygen atoms in total. The summed E-state index contributed by atoms with van der Waals surface area (Å²) in [6.07, 6.45) is 0.264. The molecule has 0 saturated heterocycles. The van der Waals surface area contributed by atoms with E-state index in [-0.39, 0.29) is 17.6 Å². The quantitative estimate of drug-likeness (QED) is 0.645. The van der Waals surface area contributed by atoms with Crippen LogP contribution in [0.15, 0.2) is 24.3 Å². The van der Waals surface area contributed by atoms with Gasteiger partial charge in [-0.3, -0.25) is 15.6 Å². The van der Waals surface area contributed by atoms with Gasteiger partial charge in [-0.25, -0.2) is 4.98 Å². The minimum absolute atomic E-state index is 0.118. The molecule has 0 atom stereocenters. The SMILES string of the molecule is COCCC(=O)NNc1nc(Cl)nc2ccccc12. The minimum atomic E-state index is -0.194. The van der Waals surface area contributed by atoms with Gasteiger partial charge in [0.2, 0.25) is 11.2 Å². The molecule has 0 saturated carbocycles. The first kappa shape index (κ1) is 13.5. The number of methoxy groups -OCH3 is 1. The first-order valence-electron chi connectivity index (χ1n) is 5.67. The maximum absolute atomic E-state index is 11.5. The standard InChI is InChI=1S/C12H13ClN4O2/c1-19-7-6-10(18)16-17-11-8-4-2-3-5-9(8)14-12(13)15-11/h2-5H,6-7H2,1H3,(H,16,18)(H,14,15,17). The van der Waals surface area contributed by atoms with E-state index < -0.39 is 0 Å². The highest BCUT2D eigenvalue weighted by Crippen LogP contribution is 2.20. The van der Waals surface area contributed by atoms with Crippen LogP contribution in [0.4, 0.5) is 5.82 Å². The Bertz CT molecular complexity index is 591. The van der Waals surface area contributed by atoms with E-state index >= 15 is 0 Å². The number of fused-ring (bicyclic) bond motifs is 1. The van der Waals surface area contributed by atoms with E-state index in [0.717, 1.165) is 5.39 Å². The van der Waals surface area contributed by atoms with E-state index in [2.05, 4.69) is 20.8 Å². The van der Waals surface area contributed by atoms with Crippen LogP contribution in [-0.4, -0.2) is 29.6 Å². The molecule has 19 heavy (non-hydrogen) atoms. The Labute approximate surface area is 115 Å². The van der Waals surface area contributed by atoms with Crippen molar-refractivity contribution in [1.29, 1.82) is 0 Å². The van der Waals surface area contributed by atoms with Gasteiger partial charge in [-0.1, -0.05) is 12.1 Å². The van der Waals surface area contributed by atoms with E-state index in [1.807, 2.05) is 24.3 Å². The summed E-state index contributed by atoms with van der Waals surface area (Å²) in [6.45, 7) is 0.360. The third-order valence-corrected chi connectivity index (χ3v) is 2.60. The van der Waals surface area contributed by atoms with Gasteiger partial charge in [-0.05, 0) is 23.7 Å². The minimum Gasteiger partial charge on any atom is -0.384 e. The molecule has 1 aromatic heterocycles. The zero-order valence-corrected chi connectivity index (χ0v) is 11.1. The van der Waals surface area contributed by atoms with Gasteiger partial charge >= 0.3 is 0 Å². The summed E-state index contributed by atoms with van der Waals surface area (Å²) in [4.78, 5) is 19.6. The van der Waals surface area contributed by atoms with E-state index in [0.29, 0.717) is 17.9 Å². The number of aromatic nitrogens is 2. The number of para-hydroxylation sites is 1. The number of hydrogen-bond acceptors (Lipinski definition) is 5. The Balaban J connectivity index is 2.14. The van der Waals surface area contributed by atoms with Crippen LogP contribution in [-0.2, 0) is 9.53 Å². The fraction of sp³-hybridized carbons (Fsp3) is 0.250. The number of hydrazine groups is 1. The van der Waals surface area contributed by atoms with Gasteiger partial charge in [0.15, 0.2) is 5.82 Å². The molecule has 100 valence electrons. The van der Waals surface area contributed by atoms with Gasteiger partial charge in [0, 0.05) is 12.5 Å². The topological polar surface area (TPSA) is 76.1 Å². The van der Waals surface area contributed by atoms with E-state index in [1.54, 1.807) is 7.11 Å². The number of carbonyl (C=O) groups excluding carboxylic acids is 1. The van der Waals surface area contributed by atoms with Gasteiger partial charge in [-0.2, -0.15) is 4.98 Å². The Kier molecular flexibility index (Phi) is 4.48. The molecule has 1 amide bonds. The lowest BCUT2D eigenvalue weighted by Gasteiger charge is -2.10. The second kappa shape index (κ2) is 6.31. The number of ether oxygens (including phenoxy) is 1. The summed E-state index contributed by atoms with van der Waals surface area (Å²) in [7, 11) is 1.54. The largest absolute Gasteiger partial charge is 0.384 e. The van der Waals surface area contributed by atoms with Crippen molar-refractivity contribution in [2.75, 3.05) is 19.1 Å². The molecule has 0 fully saturated rings. The van der Waals surface area contributed by atoms with Crippen LogP contribution in [0.5, 0.6) is 0 Å². The van der Waals surface area contributed by atoms with Crippen LogP contribution >= 0.6 is 11.6 Å². The number of anilines is 1. The number of rotatable bonds is 5. The summed E-state index contributed by atoms with van der Waals surface area (Å²) in [5, 5.41) is 0.895. The van der Waals surface area contributed by atoms with Crippen molar-refractivity contribution in [3.05, 3.63) is 29.5 Å². The van der Waals surface area contributed by atoms with E-state index in [1.165, 1.54) is 0 Å². The van der Waals surface area contributed by atoms with Crippen LogP contribution < -0.4 is 10.9 Å². The zero-order valence-electron chi connectivity index (χ0n) is 10.3. The number of hydrogen-bond donors (Lipinski definition) is 2. The lowest BCUT2D eigenvalue weighted by Crippen LogP contribution is -2.30. The van der Waals surface area contributed by atoms with Gasteiger partial charge < -0.3 is 4.74 Å². The fourth-order valence-electron chi connectivity index (χ4n) is 1.53. The second-order valence-electron chi connectivity index (χ2n) is 3.77.